The van der Waals surface area contributed by atoms with Crippen LogP contribution in [0.15, 0.2) is 40.9 Å². The molecule has 9 heteroatoms. The van der Waals surface area contributed by atoms with Gasteiger partial charge in [0.25, 0.3) is 0 Å². The van der Waals surface area contributed by atoms with E-state index in [-0.39, 0.29) is 29.6 Å². The molecule has 0 spiro atoms. The van der Waals surface area contributed by atoms with Crippen LogP contribution in [-0.2, 0) is 4.79 Å². The molecular weight excluding hydrogens is 370 g/mol. The number of phenolic OH excluding ortho intramolecular Hbond substituents is 1. The van der Waals surface area contributed by atoms with Crippen molar-refractivity contribution in [3.8, 4) is 5.75 Å². The molecule has 3 N–H and O–H groups in total. The van der Waals surface area contributed by atoms with Gasteiger partial charge in [0.2, 0.25) is 0 Å². The number of aliphatic carboxylic acids is 1. The average molecular weight is 383 g/mol. The van der Waals surface area contributed by atoms with Crippen LogP contribution in [0.2, 0.25) is 0 Å². The molecule has 0 heterocycles. The largest absolute Gasteiger partial charge is 0.506 e. The lowest BCUT2D eigenvalue weighted by Crippen LogP contribution is -2.15. The molecule has 0 atom stereocenters. The van der Waals surface area contributed by atoms with Gasteiger partial charge < -0.3 is 15.3 Å². The molecule has 0 aliphatic carbocycles. The van der Waals surface area contributed by atoms with E-state index < -0.39 is 46.1 Å². The summed E-state index contributed by atoms with van der Waals surface area (Å²) in [6, 6.07) is 5.75. The number of aliphatic imine (C=N–C) groups is 1. The third kappa shape index (κ3) is 3.91. The monoisotopic (exact) mass is 383 g/mol. The zero-order chi connectivity index (χ0) is 20.3. The van der Waals surface area contributed by atoms with Gasteiger partial charge in [0, 0.05) is 0 Å². The number of hydrogen-bond acceptors (Lipinski definition) is 4. The first kappa shape index (κ1) is 20.0. The van der Waals surface area contributed by atoms with Crippen LogP contribution < -0.4 is 0 Å². The van der Waals surface area contributed by atoms with Gasteiger partial charge in [0.15, 0.2) is 23.3 Å². The molecular formula is C18H13F4NO4. The first-order valence-electron chi connectivity index (χ1n) is 7.54. The molecule has 0 amide bonds. The van der Waals surface area contributed by atoms with E-state index in [0.29, 0.717) is 0 Å². The topological polar surface area (TPSA) is 90.1 Å². The Labute approximate surface area is 150 Å². The number of nitrogens with zero attached hydrogens (tertiary/aromatic N) is 1. The minimum absolute atomic E-state index is 0.0437. The van der Waals surface area contributed by atoms with E-state index >= 15 is 0 Å². The molecule has 0 aliphatic rings. The highest BCUT2D eigenvalue weighted by Crippen LogP contribution is 2.29. The van der Waals surface area contributed by atoms with Crippen LogP contribution >= 0.6 is 0 Å². The van der Waals surface area contributed by atoms with Gasteiger partial charge in [-0.3, -0.25) is 0 Å². The fraction of sp³-hybridized carbons (Fsp3) is 0.111. The van der Waals surface area contributed by atoms with Gasteiger partial charge in [-0.25, -0.2) is 27.3 Å². The first-order valence-corrected chi connectivity index (χ1v) is 7.54. The normalized spacial score (nSPS) is 12.7. The van der Waals surface area contributed by atoms with Gasteiger partial charge in [-0.15, -0.1) is 0 Å². The van der Waals surface area contributed by atoms with Crippen LogP contribution in [0.4, 0.5) is 23.2 Å². The van der Waals surface area contributed by atoms with E-state index in [1.807, 2.05) is 0 Å². The van der Waals surface area contributed by atoms with Crippen LogP contribution in [0.3, 0.4) is 0 Å². The Morgan fingerprint density at radius 1 is 1.04 bits per heavy atom. The summed E-state index contributed by atoms with van der Waals surface area (Å²) in [7, 11) is 0. The number of rotatable bonds is 5. The molecule has 0 aromatic heterocycles. The Hall–Kier alpha value is -3.36. The third-order valence-corrected chi connectivity index (χ3v) is 3.57. The van der Waals surface area contributed by atoms with Crippen molar-refractivity contribution in [3.63, 3.8) is 0 Å². The molecule has 2 rings (SSSR count). The Bertz CT molecular complexity index is 970. The van der Waals surface area contributed by atoms with E-state index in [1.165, 1.54) is 31.2 Å². The molecule has 0 radical (unpaired) electrons. The first-order chi connectivity index (χ1) is 12.7. The van der Waals surface area contributed by atoms with E-state index in [0.717, 1.165) is 0 Å². The lowest BCUT2D eigenvalue weighted by Gasteiger charge is -2.11. The van der Waals surface area contributed by atoms with Crippen LogP contribution in [0.1, 0.15) is 18.9 Å². The maximum absolute atomic E-state index is 13.9. The summed E-state index contributed by atoms with van der Waals surface area (Å²) < 4.78 is 53.8. The van der Waals surface area contributed by atoms with Crippen molar-refractivity contribution < 1.29 is 37.7 Å². The molecule has 0 bridgehead atoms. The summed E-state index contributed by atoms with van der Waals surface area (Å²) in [6.07, 6.45) is -0.103. The zero-order valence-electron chi connectivity index (χ0n) is 13.8. The molecule has 0 fully saturated rings. The van der Waals surface area contributed by atoms with E-state index in [9.17, 15) is 37.7 Å². The summed E-state index contributed by atoms with van der Waals surface area (Å²) in [6.45, 7) is 1.46. The summed E-state index contributed by atoms with van der Waals surface area (Å²) in [5, 5.41) is 29.3. The Kier molecular flexibility index (Phi) is 5.84. The van der Waals surface area contributed by atoms with Gasteiger partial charge in [-0.05, 0) is 24.6 Å². The van der Waals surface area contributed by atoms with Crippen LogP contribution in [0.5, 0.6) is 5.75 Å². The zero-order valence-corrected chi connectivity index (χ0v) is 13.8. The van der Waals surface area contributed by atoms with Gasteiger partial charge in [-0.2, -0.15) is 0 Å². The minimum Gasteiger partial charge on any atom is -0.506 e. The number of phenols is 1. The number of aliphatic hydroxyl groups excluding tert-OH is 1. The van der Waals surface area contributed by atoms with Gasteiger partial charge in [0.05, 0.1) is 11.3 Å². The van der Waals surface area contributed by atoms with Crippen molar-refractivity contribution in [2.75, 3.05) is 0 Å². The quantitative estimate of drug-likeness (QED) is 0.177. The van der Waals surface area contributed by atoms with Crippen molar-refractivity contribution >= 4 is 23.1 Å². The van der Waals surface area contributed by atoms with Crippen LogP contribution in [-0.4, -0.2) is 27.0 Å². The highest BCUT2D eigenvalue weighted by Gasteiger charge is 2.27. The summed E-state index contributed by atoms with van der Waals surface area (Å²) in [4.78, 5) is 15.5. The number of hydrogen-bond donors (Lipinski definition) is 3. The highest BCUT2D eigenvalue weighted by atomic mass is 19.2. The number of para-hydroxylation sites is 2. The van der Waals surface area contributed by atoms with Gasteiger partial charge >= 0.3 is 5.97 Å². The highest BCUT2D eigenvalue weighted by molar-refractivity contribution is 6.24. The Balaban J connectivity index is 2.75. The number of benzene rings is 2. The molecule has 2 aromatic carbocycles. The van der Waals surface area contributed by atoms with E-state index in [4.69, 9.17) is 0 Å². The number of carboxylic acid groups (broad SMARTS) is 1. The summed E-state index contributed by atoms with van der Waals surface area (Å²) in [5.41, 5.74) is -2.49. The number of carboxylic acids is 1. The lowest BCUT2D eigenvalue weighted by atomic mass is 10.0. The summed E-state index contributed by atoms with van der Waals surface area (Å²) in [5.74, 6) is -11.5. The maximum atomic E-state index is 13.9. The predicted molar refractivity (Wildman–Crippen MR) is 89.0 cm³/mol. The van der Waals surface area contributed by atoms with E-state index in [2.05, 4.69) is 4.99 Å². The molecule has 0 aliphatic heterocycles. The van der Waals surface area contributed by atoms with E-state index in [1.54, 1.807) is 0 Å². The second-order valence-electron chi connectivity index (χ2n) is 5.28. The molecule has 0 unspecified atom stereocenters. The smallest absolute Gasteiger partial charge is 0.341 e. The number of aromatic hydroxyl groups is 1. The molecule has 27 heavy (non-hydrogen) atoms. The number of halogens is 4. The SMILES string of the molecule is CCC(=Nc1ccccc1O)/C(C(=O)O)=C(\O)c1cc(F)c(F)c(F)c1F. The third-order valence-electron chi connectivity index (χ3n) is 3.57. The molecule has 2 aromatic rings. The molecule has 5 nitrogen and oxygen atoms in total. The van der Waals surface area contributed by atoms with Crippen LogP contribution in [0, 0.1) is 23.3 Å². The fourth-order valence-corrected chi connectivity index (χ4v) is 2.26. The average Bonchev–Trinajstić information content (AvgIpc) is 2.63. The standard InChI is InChI=1S/C18H13F4NO4/c1-2-10(23-11-5-3-4-6-12(11)24)13(18(26)27)17(25)8-7-9(19)15(21)16(22)14(8)20/h3-7,24-25H,2H2,1H3,(H,26,27)/b17-13+,23-10?. The van der Waals surface area contributed by atoms with Crippen molar-refractivity contribution in [2.24, 2.45) is 4.99 Å². The maximum Gasteiger partial charge on any atom is 0.341 e. The molecule has 0 saturated heterocycles. The van der Waals surface area contributed by atoms with Gasteiger partial charge in [-0.1, -0.05) is 19.1 Å². The van der Waals surface area contributed by atoms with Gasteiger partial charge in [0.1, 0.15) is 22.8 Å². The van der Waals surface area contributed by atoms with Crippen molar-refractivity contribution in [2.45, 2.75) is 13.3 Å². The van der Waals surface area contributed by atoms with Crippen molar-refractivity contribution in [1.29, 1.82) is 0 Å². The van der Waals surface area contributed by atoms with Crippen molar-refractivity contribution in [1.82, 2.24) is 0 Å². The van der Waals surface area contributed by atoms with Crippen molar-refractivity contribution in [3.05, 3.63) is 64.7 Å². The number of aliphatic hydroxyl groups is 1. The molecule has 0 saturated carbocycles. The summed E-state index contributed by atoms with van der Waals surface area (Å²) >= 11 is 0. The lowest BCUT2D eigenvalue weighted by molar-refractivity contribution is -0.132. The molecule has 142 valence electrons. The second kappa shape index (κ2) is 7.90. The minimum atomic E-state index is -2.20. The fourth-order valence-electron chi connectivity index (χ4n) is 2.26. The Morgan fingerprint density at radius 2 is 1.67 bits per heavy atom. The Morgan fingerprint density at radius 3 is 2.22 bits per heavy atom. The number of carbonyl (C=O) groups is 1. The predicted octanol–water partition coefficient (Wildman–Crippen LogP) is 4.49. The van der Waals surface area contributed by atoms with Crippen LogP contribution in [0.25, 0.3) is 5.76 Å². The second-order valence-corrected chi connectivity index (χ2v) is 5.28.